The minimum absolute atomic E-state index is 0.0879. The van der Waals surface area contributed by atoms with Gasteiger partial charge in [0.05, 0.1) is 11.6 Å². The van der Waals surface area contributed by atoms with Crippen LogP contribution < -0.4 is 0 Å². The molecular weight excluding hydrogens is 358 g/mol. The lowest BCUT2D eigenvalue weighted by Crippen LogP contribution is -2.17. The van der Waals surface area contributed by atoms with Crippen LogP contribution in [0, 0.1) is 18.3 Å². The third kappa shape index (κ3) is 4.38. The Bertz CT molecular complexity index is 1070. The molecule has 3 heteroatoms. The number of hydrogen-bond acceptors (Lipinski definition) is 3. The summed E-state index contributed by atoms with van der Waals surface area (Å²) < 4.78 is 0. The lowest BCUT2D eigenvalue weighted by molar-refractivity contribution is -0.113. The first-order chi connectivity index (χ1) is 13.6. The van der Waals surface area contributed by atoms with Crippen LogP contribution >= 0.6 is 0 Å². The van der Waals surface area contributed by atoms with E-state index in [0.29, 0.717) is 22.3 Å². The fraction of sp³-hybridized carbons (Fsp3) is 0.231. The Balaban J connectivity index is 2.98. The van der Waals surface area contributed by atoms with Gasteiger partial charge in [0.1, 0.15) is 5.76 Å². The number of nitriles is 1. The summed E-state index contributed by atoms with van der Waals surface area (Å²) in [5.41, 5.74) is 6.84. The van der Waals surface area contributed by atoms with E-state index in [9.17, 15) is 15.2 Å². The number of carbonyl (C=O) groups excluding carboxylic acids is 1. The molecular formula is C26H27NO2. The van der Waals surface area contributed by atoms with E-state index < -0.39 is 5.92 Å². The molecule has 0 amide bonds. The highest BCUT2D eigenvalue weighted by molar-refractivity contribution is 5.97. The first-order valence-corrected chi connectivity index (χ1v) is 9.46. The van der Waals surface area contributed by atoms with Gasteiger partial charge in [-0.25, -0.2) is 0 Å². The van der Waals surface area contributed by atoms with Crippen molar-refractivity contribution >= 4 is 5.78 Å². The number of ketones is 1. The number of allylic oxidation sites excluding steroid dienone is 9. The van der Waals surface area contributed by atoms with Crippen LogP contribution in [-0.2, 0) is 4.79 Å². The van der Waals surface area contributed by atoms with Gasteiger partial charge in [-0.15, -0.1) is 0 Å². The van der Waals surface area contributed by atoms with Crippen LogP contribution in [0.25, 0.3) is 0 Å². The van der Waals surface area contributed by atoms with Crippen molar-refractivity contribution < 1.29 is 9.90 Å². The van der Waals surface area contributed by atoms with E-state index in [1.54, 1.807) is 24.3 Å². The van der Waals surface area contributed by atoms with Crippen molar-refractivity contribution in [1.29, 1.82) is 5.26 Å². The second kappa shape index (κ2) is 8.75. The summed E-state index contributed by atoms with van der Waals surface area (Å²) in [4.78, 5) is 12.8. The molecule has 0 fully saturated rings. The summed E-state index contributed by atoms with van der Waals surface area (Å²) >= 11 is 0. The summed E-state index contributed by atoms with van der Waals surface area (Å²) in [6.45, 7) is 17.0. The van der Waals surface area contributed by atoms with Crippen molar-refractivity contribution in [3.05, 3.63) is 105 Å². The molecule has 1 atom stereocenters. The number of carbonyl (C=O) groups is 1. The molecule has 0 spiro atoms. The van der Waals surface area contributed by atoms with Gasteiger partial charge in [0.15, 0.2) is 5.78 Å². The molecule has 1 aliphatic carbocycles. The Kier molecular flexibility index (Phi) is 6.61. The molecule has 0 saturated heterocycles. The molecule has 148 valence electrons. The molecule has 29 heavy (non-hydrogen) atoms. The molecule has 0 aliphatic heterocycles. The first-order valence-electron chi connectivity index (χ1n) is 9.46. The van der Waals surface area contributed by atoms with E-state index in [0.717, 1.165) is 27.8 Å². The molecule has 3 nitrogen and oxygen atoms in total. The van der Waals surface area contributed by atoms with E-state index in [1.165, 1.54) is 6.92 Å². The number of Topliss-reactive ketones (excluding diaryl/α,β-unsaturated/α-hetero) is 1. The molecule has 1 unspecified atom stereocenters. The van der Waals surface area contributed by atoms with Crippen molar-refractivity contribution in [1.82, 2.24) is 0 Å². The number of aliphatic hydroxyl groups is 1. The zero-order valence-corrected chi connectivity index (χ0v) is 17.8. The Labute approximate surface area is 173 Å². The molecule has 0 saturated carbocycles. The van der Waals surface area contributed by atoms with E-state index >= 15 is 0 Å². The highest BCUT2D eigenvalue weighted by Crippen LogP contribution is 2.43. The van der Waals surface area contributed by atoms with Crippen LogP contribution in [0.15, 0.2) is 88.8 Å². The quantitative estimate of drug-likeness (QED) is 0.477. The van der Waals surface area contributed by atoms with Crippen LogP contribution in [0.1, 0.15) is 50.3 Å². The van der Waals surface area contributed by atoms with Gasteiger partial charge in [-0.05, 0) is 86.2 Å². The second-order valence-electron chi connectivity index (χ2n) is 7.44. The number of aryl methyl sites for hydroxylation is 1. The van der Waals surface area contributed by atoms with Crippen LogP contribution in [0.5, 0.6) is 0 Å². The van der Waals surface area contributed by atoms with Gasteiger partial charge >= 0.3 is 0 Å². The fourth-order valence-electron chi connectivity index (χ4n) is 3.79. The average molecular weight is 386 g/mol. The molecule has 0 bridgehead atoms. The van der Waals surface area contributed by atoms with E-state index in [1.807, 2.05) is 39.8 Å². The van der Waals surface area contributed by atoms with Crippen molar-refractivity contribution in [2.75, 3.05) is 0 Å². The zero-order chi connectivity index (χ0) is 21.9. The summed E-state index contributed by atoms with van der Waals surface area (Å²) in [5.74, 6) is -0.498. The zero-order valence-electron chi connectivity index (χ0n) is 17.8. The number of hydrogen-bond donors (Lipinski definition) is 1. The van der Waals surface area contributed by atoms with Crippen molar-refractivity contribution in [3.63, 3.8) is 0 Å². The van der Waals surface area contributed by atoms with E-state index in [4.69, 9.17) is 0 Å². The summed E-state index contributed by atoms with van der Waals surface area (Å²) in [6.07, 6.45) is 5.21. The van der Waals surface area contributed by atoms with Gasteiger partial charge in [0.25, 0.3) is 0 Å². The summed E-state index contributed by atoms with van der Waals surface area (Å²) in [7, 11) is 0. The maximum absolute atomic E-state index is 12.8. The number of aliphatic hydroxyl groups excluding tert-OH is 1. The minimum Gasteiger partial charge on any atom is -0.508 e. The van der Waals surface area contributed by atoms with Crippen molar-refractivity contribution in [3.8, 4) is 6.07 Å². The van der Waals surface area contributed by atoms with Gasteiger partial charge in [-0.3, -0.25) is 4.79 Å². The molecule has 1 N–H and O–H groups in total. The lowest BCUT2D eigenvalue weighted by Gasteiger charge is -2.27. The fourth-order valence-corrected chi connectivity index (χ4v) is 3.79. The number of nitrogens with zero attached hydrogens (tertiary/aromatic N) is 1. The minimum atomic E-state index is -0.497. The van der Waals surface area contributed by atoms with E-state index in [-0.39, 0.29) is 11.5 Å². The Morgan fingerprint density at radius 1 is 1.21 bits per heavy atom. The van der Waals surface area contributed by atoms with Crippen LogP contribution in [0.3, 0.4) is 0 Å². The first kappa shape index (κ1) is 21.9. The molecule has 1 aromatic rings. The van der Waals surface area contributed by atoms with Gasteiger partial charge in [0, 0.05) is 17.1 Å². The lowest BCUT2D eigenvalue weighted by atomic mass is 9.76. The third-order valence-corrected chi connectivity index (χ3v) is 5.39. The number of rotatable bonds is 5. The molecule has 1 aromatic carbocycles. The molecule has 0 radical (unpaired) electrons. The SMILES string of the molecule is C=C/C(C)=C(/C(C)=O)C(C1=C(C)C(C)=CC(=C)C=C1O)c1ccc(C#N)cc1C. The van der Waals surface area contributed by atoms with Crippen LogP contribution in [-0.4, -0.2) is 10.9 Å². The Morgan fingerprint density at radius 2 is 1.86 bits per heavy atom. The standard InChI is InChI=1S/C26H27NO2/c1-8-16(3)24(20(7)28)26(22-10-9-21(14-27)13-18(22)5)25-19(6)17(4)11-15(2)12-23(25)29/h8-13,26,29H,1-2H2,3-7H3/b24-16-. The van der Waals surface area contributed by atoms with Crippen LogP contribution in [0.4, 0.5) is 0 Å². The van der Waals surface area contributed by atoms with Crippen LogP contribution in [0.2, 0.25) is 0 Å². The maximum Gasteiger partial charge on any atom is 0.157 e. The molecule has 0 aromatic heterocycles. The van der Waals surface area contributed by atoms with Gasteiger partial charge in [-0.1, -0.05) is 31.4 Å². The monoisotopic (exact) mass is 385 g/mol. The third-order valence-electron chi connectivity index (χ3n) is 5.39. The van der Waals surface area contributed by atoms with E-state index in [2.05, 4.69) is 19.2 Å². The predicted molar refractivity (Wildman–Crippen MR) is 119 cm³/mol. The Morgan fingerprint density at radius 3 is 2.38 bits per heavy atom. The van der Waals surface area contributed by atoms with Gasteiger partial charge in [-0.2, -0.15) is 5.26 Å². The average Bonchev–Trinajstić information content (AvgIpc) is 2.74. The molecule has 0 heterocycles. The number of benzene rings is 1. The summed E-state index contributed by atoms with van der Waals surface area (Å²) in [6, 6.07) is 7.56. The summed E-state index contributed by atoms with van der Waals surface area (Å²) in [5, 5.41) is 20.3. The maximum atomic E-state index is 12.8. The molecule has 2 rings (SSSR count). The van der Waals surface area contributed by atoms with Crippen molar-refractivity contribution in [2.24, 2.45) is 0 Å². The largest absolute Gasteiger partial charge is 0.508 e. The predicted octanol–water partition coefficient (Wildman–Crippen LogP) is 6.32. The van der Waals surface area contributed by atoms with Gasteiger partial charge < -0.3 is 5.11 Å². The topological polar surface area (TPSA) is 61.1 Å². The van der Waals surface area contributed by atoms with Gasteiger partial charge in [0.2, 0.25) is 0 Å². The smallest absolute Gasteiger partial charge is 0.157 e. The molecule has 1 aliphatic rings. The highest BCUT2D eigenvalue weighted by atomic mass is 16.3. The normalized spacial score (nSPS) is 16.2. The van der Waals surface area contributed by atoms with Crippen molar-refractivity contribution in [2.45, 2.75) is 40.5 Å². The Hall–Kier alpha value is -3.38. The highest BCUT2D eigenvalue weighted by Gasteiger charge is 2.31. The second-order valence-corrected chi connectivity index (χ2v) is 7.44.